The minimum Gasteiger partial charge on any atom is -0.381 e. The molecule has 2 aromatic rings. The smallest absolute Gasteiger partial charge is 0.381 e. The van der Waals surface area contributed by atoms with Gasteiger partial charge in [-0.25, -0.2) is 15.0 Å². The summed E-state index contributed by atoms with van der Waals surface area (Å²) in [4.78, 5) is 10.9. The first-order valence-corrected chi connectivity index (χ1v) is 8.29. The van der Waals surface area contributed by atoms with E-state index in [4.69, 9.17) is 16.3 Å². The second-order valence-electron chi connectivity index (χ2n) is 5.87. The minimum atomic E-state index is -4.68. The number of hydrogen-bond donors (Lipinski definition) is 1. The lowest BCUT2D eigenvalue weighted by Gasteiger charge is -2.23. The average molecular weight is 391 g/mol. The number of alkyl halides is 3. The molecule has 1 fully saturated rings. The average Bonchev–Trinajstić information content (AvgIpc) is 2.62. The minimum absolute atomic E-state index is 0.00718. The van der Waals surface area contributed by atoms with Crippen LogP contribution in [0.25, 0.3) is 11.3 Å². The van der Waals surface area contributed by atoms with Gasteiger partial charge in [0.1, 0.15) is 5.69 Å². The van der Waals surface area contributed by atoms with Gasteiger partial charge in [0.25, 0.3) is 0 Å². The third-order valence-electron chi connectivity index (χ3n) is 4.04. The Labute approximate surface area is 151 Å². The quantitative estimate of drug-likeness (QED) is 0.626. The monoisotopic (exact) mass is 390 g/mol. The van der Waals surface area contributed by atoms with Crippen LogP contribution in [0.2, 0.25) is 5.02 Å². The number of rotatable bonds is 4. The van der Waals surface area contributed by atoms with E-state index >= 15 is 0 Å². The zero-order valence-corrected chi connectivity index (χ0v) is 14.2. The Balaban J connectivity index is 1.96. The van der Waals surface area contributed by atoms with E-state index in [0.29, 0.717) is 31.9 Å². The van der Waals surface area contributed by atoms with Crippen LogP contribution >= 0.6 is 11.6 Å². The van der Waals surface area contributed by atoms with Gasteiger partial charge in [-0.15, -0.1) is 0 Å². The molecule has 1 aliphatic rings. The Kier molecular flexibility index (Phi) is 5.57. The summed E-state index contributed by atoms with van der Waals surface area (Å²) in [5, 5.41) is 2.99. The fraction of sp³-hybridized carbons (Fsp3) is 0.438. The molecule has 1 saturated heterocycles. The summed E-state index contributed by atoms with van der Waals surface area (Å²) in [5.41, 5.74) is -1.36. The van der Waals surface area contributed by atoms with Crippen LogP contribution in [-0.4, -0.2) is 34.7 Å². The van der Waals surface area contributed by atoms with E-state index in [-0.39, 0.29) is 22.1 Å². The van der Waals surface area contributed by atoms with E-state index in [1.54, 1.807) is 0 Å². The highest BCUT2D eigenvalue weighted by Crippen LogP contribution is 2.35. The molecule has 0 bridgehead atoms. The van der Waals surface area contributed by atoms with Crippen molar-refractivity contribution in [3.8, 4) is 11.3 Å². The van der Waals surface area contributed by atoms with Crippen molar-refractivity contribution in [3.63, 3.8) is 0 Å². The highest BCUT2D eigenvalue weighted by atomic mass is 35.5. The Hall–Kier alpha value is -2.00. The number of nitrogens with zero attached hydrogens (tertiary/aromatic N) is 3. The van der Waals surface area contributed by atoms with Crippen LogP contribution in [0.3, 0.4) is 0 Å². The largest absolute Gasteiger partial charge is 0.434 e. The second-order valence-corrected chi connectivity index (χ2v) is 6.28. The first-order chi connectivity index (χ1) is 12.3. The third-order valence-corrected chi connectivity index (χ3v) is 4.34. The molecule has 3 heterocycles. The molecule has 0 aliphatic carbocycles. The van der Waals surface area contributed by atoms with Crippen molar-refractivity contribution in [1.29, 1.82) is 0 Å². The van der Waals surface area contributed by atoms with E-state index in [0.717, 1.165) is 25.1 Å². The van der Waals surface area contributed by atoms with Crippen LogP contribution in [0.15, 0.2) is 18.5 Å². The Morgan fingerprint density at radius 2 is 1.92 bits per heavy atom. The molecule has 5 nitrogen and oxygen atoms in total. The van der Waals surface area contributed by atoms with Gasteiger partial charge in [-0.3, -0.25) is 0 Å². The molecule has 140 valence electrons. The zero-order valence-electron chi connectivity index (χ0n) is 13.5. The lowest BCUT2D eigenvalue weighted by atomic mass is 10.0. The standard InChI is InChI=1S/C16H15ClF4N4O/c17-11-7-22-13(18)5-10(11)14-15(23-6-9-1-3-26-4-2-9)24-8-12(25-14)16(19,20)21/h5,7-9H,1-4,6H2,(H,23,24). The molecule has 0 spiro atoms. The van der Waals surface area contributed by atoms with Crippen molar-refractivity contribution in [2.75, 3.05) is 25.1 Å². The predicted octanol–water partition coefficient (Wildman–Crippen LogP) is 4.19. The molecule has 10 heteroatoms. The van der Waals surface area contributed by atoms with Gasteiger partial charge in [-0.2, -0.15) is 17.6 Å². The van der Waals surface area contributed by atoms with Crippen LogP contribution in [0.4, 0.5) is 23.4 Å². The van der Waals surface area contributed by atoms with Gasteiger partial charge in [-0.05, 0) is 18.8 Å². The summed E-state index contributed by atoms with van der Waals surface area (Å²) < 4.78 is 57.8. The number of anilines is 1. The van der Waals surface area contributed by atoms with Gasteiger partial charge in [0.05, 0.1) is 11.2 Å². The van der Waals surface area contributed by atoms with Crippen LogP contribution in [-0.2, 0) is 10.9 Å². The van der Waals surface area contributed by atoms with Crippen molar-refractivity contribution in [2.45, 2.75) is 19.0 Å². The van der Waals surface area contributed by atoms with Crippen molar-refractivity contribution in [2.24, 2.45) is 5.92 Å². The fourth-order valence-corrected chi connectivity index (χ4v) is 2.82. The third kappa shape index (κ3) is 4.39. The maximum Gasteiger partial charge on any atom is 0.434 e. The molecule has 26 heavy (non-hydrogen) atoms. The molecule has 0 amide bonds. The van der Waals surface area contributed by atoms with E-state index in [1.807, 2.05) is 0 Å². The molecule has 0 aromatic carbocycles. The summed E-state index contributed by atoms with van der Waals surface area (Å²) in [6.07, 6.45) is -1.35. The highest BCUT2D eigenvalue weighted by Gasteiger charge is 2.34. The molecule has 0 atom stereocenters. The Bertz CT molecular complexity index is 781. The first-order valence-electron chi connectivity index (χ1n) is 7.92. The first kappa shape index (κ1) is 18.8. The van der Waals surface area contributed by atoms with Gasteiger partial charge in [-0.1, -0.05) is 11.6 Å². The zero-order chi connectivity index (χ0) is 18.7. The Morgan fingerprint density at radius 1 is 1.19 bits per heavy atom. The molecule has 2 aromatic heterocycles. The molecular weight excluding hydrogens is 376 g/mol. The van der Waals surface area contributed by atoms with Crippen LogP contribution in [0, 0.1) is 11.9 Å². The van der Waals surface area contributed by atoms with Gasteiger partial charge in [0, 0.05) is 37.6 Å². The SMILES string of the molecule is Fc1cc(-c2nc(C(F)(F)F)cnc2NCC2CCOCC2)c(Cl)cn1. The number of hydrogen-bond acceptors (Lipinski definition) is 5. The van der Waals surface area contributed by atoms with Crippen molar-refractivity contribution in [1.82, 2.24) is 15.0 Å². The molecular formula is C16H15ClF4N4O. The topological polar surface area (TPSA) is 59.9 Å². The number of ether oxygens (including phenoxy) is 1. The molecule has 1 N–H and O–H groups in total. The Morgan fingerprint density at radius 3 is 2.62 bits per heavy atom. The number of aromatic nitrogens is 3. The molecule has 0 saturated carbocycles. The normalized spacial score (nSPS) is 15.9. The van der Waals surface area contributed by atoms with E-state index in [2.05, 4.69) is 20.3 Å². The highest BCUT2D eigenvalue weighted by molar-refractivity contribution is 6.33. The maximum absolute atomic E-state index is 13.5. The lowest BCUT2D eigenvalue weighted by Crippen LogP contribution is -2.23. The molecule has 0 unspecified atom stereocenters. The molecule has 3 rings (SSSR count). The van der Waals surface area contributed by atoms with Crippen molar-refractivity contribution >= 4 is 17.4 Å². The summed E-state index contributed by atoms with van der Waals surface area (Å²) in [6.45, 7) is 1.76. The second kappa shape index (κ2) is 7.71. The fourth-order valence-electron chi connectivity index (χ4n) is 2.63. The van der Waals surface area contributed by atoms with E-state index in [1.165, 1.54) is 0 Å². The van der Waals surface area contributed by atoms with Crippen LogP contribution < -0.4 is 5.32 Å². The number of halogens is 5. The lowest BCUT2D eigenvalue weighted by molar-refractivity contribution is -0.141. The van der Waals surface area contributed by atoms with Crippen molar-refractivity contribution in [3.05, 3.63) is 35.1 Å². The number of nitrogens with one attached hydrogen (secondary N) is 1. The summed E-state index contributed by atoms with van der Waals surface area (Å²) in [6, 6.07) is 0.937. The van der Waals surface area contributed by atoms with Crippen molar-refractivity contribution < 1.29 is 22.3 Å². The van der Waals surface area contributed by atoms with E-state index < -0.39 is 17.8 Å². The van der Waals surface area contributed by atoms with E-state index in [9.17, 15) is 17.6 Å². The number of pyridine rings is 1. The summed E-state index contributed by atoms with van der Waals surface area (Å²) in [7, 11) is 0. The summed E-state index contributed by atoms with van der Waals surface area (Å²) >= 11 is 6.00. The predicted molar refractivity (Wildman–Crippen MR) is 87.3 cm³/mol. The van der Waals surface area contributed by atoms with Gasteiger partial charge in [0.15, 0.2) is 11.5 Å². The van der Waals surface area contributed by atoms with Gasteiger partial charge < -0.3 is 10.1 Å². The van der Waals surface area contributed by atoms with Crippen LogP contribution in [0.1, 0.15) is 18.5 Å². The van der Waals surface area contributed by atoms with Gasteiger partial charge >= 0.3 is 6.18 Å². The van der Waals surface area contributed by atoms with Gasteiger partial charge in [0.2, 0.25) is 5.95 Å². The molecule has 1 aliphatic heterocycles. The summed E-state index contributed by atoms with van der Waals surface area (Å²) in [5.74, 6) is -0.471. The molecule has 0 radical (unpaired) electrons. The maximum atomic E-state index is 13.5. The van der Waals surface area contributed by atoms with Crippen LogP contribution in [0.5, 0.6) is 0 Å².